The molecule has 0 aliphatic heterocycles. The molecular formula is C24H32N2O4. The highest BCUT2D eigenvalue weighted by Crippen LogP contribution is 2.18. The minimum absolute atomic E-state index is 0.272. The highest BCUT2D eigenvalue weighted by molar-refractivity contribution is 6.02. The minimum atomic E-state index is 0.272. The van der Waals surface area contributed by atoms with E-state index in [0.29, 0.717) is 13.2 Å². The van der Waals surface area contributed by atoms with Crippen LogP contribution < -0.4 is 9.47 Å². The maximum Gasteiger partial charge on any atom is 0.122 e. The molecule has 0 atom stereocenters. The lowest BCUT2D eigenvalue weighted by atomic mass is 10.0. The third kappa shape index (κ3) is 6.79. The van der Waals surface area contributed by atoms with Gasteiger partial charge in [-0.2, -0.15) is 0 Å². The number of hydrogen-bond acceptors (Lipinski definition) is 6. The van der Waals surface area contributed by atoms with E-state index in [-0.39, 0.29) is 11.8 Å². The number of hydrogen-bond donors (Lipinski definition) is 0. The van der Waals surface area contributed by atoms with Gasteiger partial charge in [0.05, 0.1) is 11.4 Å². The van der Waals surface area contributed by atoms with E-state index in [9.17, 15) is 0 Å². The van der Waals surface area contributed by atoms with E-state index in [1.54, 1.807) is 14.2 Å². The van der Waals surface area contributed by atoms with Crippen molar-refractivity contribution in [2.45, 2.75) is 27.7 Å². The Hall–Kier alpha value is -3.02. The Kier molecular flexibility index (Phi) is 9.19. The van der Waals surface area contributed by atoms with Crippen LogP contribution in [0.1, 0.15) is 38.8 Å². The van der Waals surface area contributed by atoms with Crippen LogP contribution in [-0.2, 0) is 9.68 Å². The van der Waals surface area contributed by atoms with Crippen LogP contribution in [0.3, 0.4) is 0 Å². The number of oxime groups is 2. The molecule has 30 heavy (non-hydrogen) atoms. The molecule has 0 spiro atoms. The number of nitrogens with zero attached hydrogens (tertiary/aromatic N) is 2. The molecule has 0 amide bonds. The van der Waals surface area contributed by atoms with Gasteiger partial charge in [0.1, 0.15) is 38.9 Å². The van der Waals surface area contributed by atoms with Gasteiger partial charge in [0.2, 0.25) is 0 Å². The molecule has 0 aromatic heterocycles. The summed E-state index contributed by atoms with van der Waals surface area (Å²) in [6.45, 7) is 9.24. The van der Waals surface area contributed by atoms with E-state index < -0.39 is 0 Å². The summed E-state index contributed by atoms with van der Waals surface area (Å²) in [6, 6.07) is 15.7. The van der Waals surface area contributed by atoms with E-state index in [1.807, 2.05) is 48.5 Å². The van der Waals surface area contributed by atoms with E-state index in [4.69, 9.17) is 19.1 Å². The summed E-state index contributed by atoms with van der Waals surface area (Å²) < 4.78 is 11.6. The second-order valence-corrected chi connectivity index (χ2v) is 7.37. The fraction of sp³-hybridized carbons (Fsp3) is 0.417. The summed E-state index contributed by atoms with van der Waals surface area (Å²) in [5, 5.41) is 8.22. The summed E-state index contributed by atoms with van der Waals surface area (Å²) >= 11 is 0. The summed E-state index contributed by atoms with van der Waals surface area (Å²) in [5.41, 5.74) is 3.86. The zero-order valence-corrected chi connectivity index (χ0v) is 18.7. The lowest BCUT2D eigenvalue weighted by Crippen LogP contribution is -2.11. The summed E-state index contributed by atoms with van der Waals surface area (Å²) in [6.07, 6.45) is 0. The maximum atomic E-state index is 5.78. The van der Waals surface area contributed by atoms with Crippen molar-refractivity contribution in [1.82, 2.24) is 0 Å². The van der Waals surface area contributed by atoms with Gasteiger partial charge in [-0.05, 0) is 71.5 Å². The van der Waals surface area contributed by atoms with Crippen LogP contribution in [-0.4, -0.2) is 38.9 Å². The Morgan fingerprint density at radius 1 is 0.633 bits per heavy atom. The number of rotatable bonds is 11. The van der Waals surface area contributed by atoms with Gasteiger partial charge in [0, 0.05) is 0 Å². The van der Waals surface area contributed by atoms with E-state index in [2.05, 4.69) is 38.0 Å². The highest BCUT2D eigenvalue weighted by Gasteiger charge is 2.10. The van der Waals surface area contributed by atoms with E-state index >= 15 is 0 Å². The highest BCUT2D eigenvalue weighted by atomic mass is 16.6. The molecule has 0 saturated carbocycles. The van der Waals surface area contributed by atoms with Crippen LogP contribution in [0.2, 0.25) is 0 Å². The molecule has 0 aliphatic carbocycles. The fourth-order valence-corrected chi connectivity index (χ4v) is 2.94. The first-order valence-corrected chi connectivity index (χ1v) is 10.1. The third-order valence-corrected chi connectivity index (χ3v) is 4.39. The molecule has 2 aromatic carbocycles. The largest absolute Gasteiger partial charge is 0.490 e. The first kappa shape index (κ1) is 23.3. The standard InChI is InChI=1S/C24H32N2O4/c1-17(2)23(25-27-5)19-7-11-21(12-8-19)29-15-16-30-22-13-9-20(10-14-22)24(18(3)4)26-28-6/h7-14,17-18H,15-16H2,1-6H3/b25-23+,26-24+. The number of benzene rings is 2. The Bertz CT molecular complexity index is 754. The van der Waals surface area contributed by atoms with Crippen LogP contribution in [0.15, 0.2) is 58.8 Å². The molecule has 2 aromatic rings. The zero-order chi connectivity index (χ0) is 21.9. The van der Waals surface area contributed by atoms with Gasteiger partial charge in [0.25, 0.3) is 0 Å². The predicted octanol–water partition coefficient (Wildman–Crippen LogP) is 5.16. The quantitative estimate of drug-likeness (QED) is 0.291. The van der Waals surface area contributed by atoms with Crippen molar-refractivity contribution in [2.75, 3.05) is 27.4 Å². The van der Waals surface area contributed by atoms with Crippen LogP contribution in [0.25, 0.3) is 0 Å². The van der Waals surface area contributed by atoms with Crippen LogP contribution in [0.4, 0.5) is 0 Å². The lowest BCUT2D eigenvalue weighted by Gasteiger charge is -2.12. The van der Waals surface area contributed by atoms with Crippen molar-refractivity contribution in [3.63, 3.8) is 0 Å². The smallest absolute Gasteiger partial charge is 0.122 e. The molecule has 0 aliphatic rings. The fourth-order valence-electron chi connectivity index (χ4n) is 2.94. The summed E-state index contributed by atoms with van der Waals surface area (Å²) in [7, 11) is 3.12. The Labute approximate surface area is 179 Å². The van der Waals surface area contributed by atoms with Crippen molar-refractivity contribution < 1.29 is 19.1 Å². The van der Waals surface area contributed by atoms with E-state index in [1.165, 1.54) is 0 Å². The topological polar surface area (TPSA) is 61.6 Å². The predicted molar refractivity (Wildman–Crippen MR) is 121 cm³/mol. The van der Waals surface area contributed by atoms with Gasteiger partial charge < -0.3 is 19.1 Å². The molecule has 0 saturated heterocycles. The number of ether oxygens (including phenoxy) is 2. The molecule has 0 bridgehead atoms. The Morgan fingerprint density at radius 3 is 1.23 bits per heavy atom. The first-order valence-electron chi connectivity index (χ1n) is 10.1. The monoisotopic (exact) mass is 412 g/mol. The van der Waals surface area contributed by atoms with Crippen molar-refractivity contribution >= 4 is 11.4 Å². The lowest BCUT2D eigenvalue weighted by molar-refractivity contribution is 0.211. The van der Waals surface area contributed by atoms with Gasteiger partial charge in [-0.25, -0.2) is 0 Å². The van der Waals surface area contributed by atoms with Crippen molar-refractivity contribution in [3.8, 4) is 11.5 Å². The second kappa shape index (κ2) is 11.9. The Balaban J connectivity index is 1.85. The summed E-state index contributed by atoms with van der Waals surface area (Å²) in [5.74, 6) is 2.12. The average Bonchev–Trinajstić information content (AvgIpc) is 2.74. The average molecular weight is 413 g/mol. The van der Waals surface area contributed by atoms with E-state index in [0.717, 1.165) is 34.0 Å². The molecule has 0 heterocycles. The minimum Gasteiger partial charge on any atom is -0.490 e. The molecule has 0 radical (unpaired) electrons. The van der Waals surface area contributed by atoms with Crippen LogP contribution >= 0.6 is 0 Å². The molecule has 0 fully saturated rings. The first-order chi connectivity index (χ1) is 14.5. The normalized spacial score (nSPS) is 12.3. The third-order valence-electron chi connectivity index (χ3n) is 4.39. The molecule has 6 nitrogen and oxygen atoms in total. The molecule has 162 valence electrons. The van der Waals surface area contributed by atoms with Gasteiger partial charge in [-0.1, -0.05) is 38.0 Å². The molecule has 0 N–H and O–H groups in total. The Morgan fingerprint density at radius 2 is 0.967 bits per heavy atom. The maximum absolute atomic E-state index is 5.78. The van der Waals surface area contributed by atoms with Crippen molar-refractivity contribution in [2.24, 2.45) is 22.1 Å². The van der Waals surface area contributed by atoms with Gasteiger partial charge in [0.15, 0.2) is 0 Å². The van der Waals surface area contributed by atoms with Crippen molar-refractivity contribution in [3.05, 3.63) is 59.7 Å². The van der Waals surface area contributed by atoms with Gasteiger partial charge in [-0.3, -0.25) is 0 Å². The molecule has 0 unspecified atom stereocenters. The van der Waals surface area contributed by atoms with Crippen LogP contribution in [0, 0.1) is 11.8 Å². The summed E-state index contributed by atoms with van der Waals surface area (Å²) in [4.78, 5) is 9.89. The second-order valence-electron chi connectivity index (χ2n) is 7.37. The zero-order valence-electron chi connectivity index (χ0n) is 18.7. The van der Waals surface area contributed by atoms with Crippen molar-refractivity contribution in [1.29, 1.82) is 0 Å². The SMILES string of the molecule is CO/N=C(/c1ccc(OCCOc2ccc(/C(=N/OC)C(C)C)cc2)cc1)C(C)C. The molecule has 6 heteroatoms. The molecule has 2 rings (SSSR count). The van der Waals surface area contributed by atoms with Gasteiger partial charge >= 0.3 is 0 Å². The molecular weight excluding hydrogens is 380 g/mol. The van der Waals surface area contributed by atoms with Gasteiger partial charge in [-0.15, -0.1) is 0 Å². The van der Waals surface area contributed by atoms with Crippen LogP contribution in [0.5, 0.6) is 11.5 Å².